The van der Waals surface area contributed by atoms with Crippen molar-refractivity contribution in [3.63, 3.8) is 0 Å². The molecule has 1 aromatic rings. The van der Waals surface area contributed by atoms with Gasteiger partial charge < -0.3 is 10.1 Å². The molecule has 2 atom stereocenters. The monoisotopic (exact) mass is 289 g/mol. The minimum Gasteiger partial charge on any atom is -0.382 e. The van der Waals surface area contributed by atoms with E-state index in [1.807, 2.05) is 13.8 Å². The molecule has 1 N–H and O–H groups in total. The predicted octanol–water partition coefficient (Wildman–Crippen LogP) is 4.17. The minimum absolute atomic E-state index is 0.0363. The maximum atomic E-state index is 13.1. The second-order valence-electron chi connectivity index (χ2n) is 4.82. The smallest absolute Gasteiger partial charge is 0.382 e. The molecule has 0 saturated heterocycles. The van der Waals surface area contributed by atoms with Crippen LogP contribution in [0.5, 0.6) is 0 Å². The van der Waals surface area contributed by atoms with Crippen molar-refractivity contribution >= 4 is 0 Å². The molecule has 0 spiro atoms. The molecular formula is C15H22F3NO. The molecule has 0 aliphatic carbocycles. The Morgan fingerprint density at radius 2 is 1.85 bits per heavy atom. The molecule has 0 aromatic heterocycles. The van der Waals surface area contributed by atoms with E-state index in [0.717, 1.165) is 6.07 Å². The highest BCUT2D eigenvalue weighted by molar-refractivity contribution is 5.32. The van der Waals surface area contributed by atoms with Gasteiger partial charge in [0.2, 0.25) is 0 Å². The Bertz CT molecular complexity index is 406. The molecule has 2 nitrogen and oxygen atoms in total. The van der Waals surface area contributed by atoms with Crippen molar-refractivity contribution in [3.05, 3.63) is 35.4 Å². The van der Waals surface area contributed by atoms with E-state index in [0.29, 0.717) is 24.9 Å². The van der Waals surface area contributed by atoms with Gasteiger partial charge in [-0.1, -0.05) is 25.1 Å². The van der Waals surface area contributed by atoms with Crippen molar-refractivity contribution < 1.29 is 17.9 Å². The van der Waals surface area contributed by atoms with Crippen LogP contribution in [0.1, 0.15) is 43.9 Å². The van der Waals surface area contributed by atoms with E-state index >= 15 is 0 Å². The van der Waals surface area contributed by atoms with Gasteiger partial charge in [-0.2, -0.15) is 13.2 Å². The molecule has 1 rings (SSSR count). The normalized spacial score (nSPS) is 15.1. The van der Waals surface area contributed by atoms with Crippen LogP contribution in [0.4, 0.5) is 13.2 Å². The van der Waals surface area contributed by atoms with E-state index in [-0.39, 0.29) is 12.1 Å². The summed E-state index contributed by atoms with van der Waals surface area (Å²) in [5.74, 6) is 0. The summed E-state index contributed by atoms with van der Waals surface area (Å²) in [7, 11) is 1.61. The zero-order valence-corrected chi connectivity index (χ0v) is 12.1. The summed E-state index contributed by atoms with van der Waals surface area (Å²) in [6, 6.07) is 5.45. The van der Waals surface area contributed by atoms with Crippen LogP contribution in [0.3, 0.4) is 0 Å². The number of ether oxygens (including phenoxy) is 1. The summed E-state index contributed by atoms with van der Waals surface area (Å²) in [6.45, 7) is 4.43. The number of nitrogens with one attached hydrogen (secondary N) is 1. The molecule has 0 aliphatic rings. The molecule has 2 unspecified atom stereocenters. The Labute approximate surface area is 118 Å². The van der Waals surface area contributed by atoms with E-state index in [4.69, 9.17) is 4.74 Å². The minimum atomic E-state index is -4.32. The van der Waals surface area contributed by atoms with Crippen LogP contribution in [-0.2, 0) is 10.9 Å². The average molecular weight is 289 g/mol. The van der Waals surface area contributed by atoms with Gasteiger partial charge in [0.15, 0.2) is 0 Å². The largest absolute Gasteiger partial charge is 0.416 e. The van der Waals surface area contributed by atoms with Crippen molar-refractivity contribution in [2.45, 2.75) is 45.0 Å². The molecular weight excluding hydrogens is 267 g/mol. The number of alkyl halides is 3. The van der Waals surface area contributed by atoms with Crippen molar-refractivity contribution in [1.29, 1.82) is 0 Å². The highest BCUT2D eigenvalue weighted by atomic mass is 19.4. The van der Waals surface area contributed by atoms with Crippen LogP contribution >= 0.6 is 0 Å². The fourth-order valence-electron chi connectivity index (χ4n) is 2.19. The molecule has 0 amide bonds. The molecule has 0 bridgehead atoms. The van der Waals surface area contributed by atoms with Gasteiger partial charge in [-0.3, -0.25) is 0 Å². The number of benzene rings is 1. The predicted molar refractivity (Wildman–Crippen MR) is 73.6 cm³/mol. The van der Waals surface area contributed by atoms with E-state index in [1.165, 1.54) is 6.07 Å². The van der Waals surface area contributed by atoms with E-state index in [9.17, 15) is 13.2 Å². The number of halogens is 3. The van der Waals surface area contributed by atoms with Crippen LogP contribution in [-0.4, -0.2) is 19.8 Å². The SMILES string of the molecule is CCNC(CCC(C)OC)c1ccccc1C(F)(F)F. The van der Waals surface area contributed by atoms with Crippen molar-refractivity contribution in [1.82, 2.24) is 5.32 Å². The Balaban J connectivity index is 2.96. The third-order valence-corrected chi connectivity index (χ3v) is 3.36. The van der Waals surface area contributed by atoms with E-state index in [1.54, 1.807) is 19.2 Å². The number of hydrogen-bond acceptors (Lipinski definition) is 2. The quantitative estimate of drug-likeness (QED) is 0.813. The van der Waals surface area contributed by atoms with Crippen molar-refractivity contribution in [3.8, 4) is 0 Å². The lowest BCUT2D eigenvalue weighted by molar-refractivity contribution is -0.138. The molecule has 0 radical (unpaired) electrons. The molecule has 5 heteroatoms. The third-order valence-electron chi connectivity index (χ3n) is 3.36. The summed E-state index contributed by atoms with van der Waals surface area (Å²) in [6.07, 6.45) is -2.97. The molecule has 0 saturated carbocycles. The summed E-state index contributed by atoms with van der Waals surface area (Å²) in [4.78, 5) is 0. The Morgan fingerprint density at radius 1 is 1.20 bits per heavy atom. The summed E-state index contributed by atoms with van der Waals surface area (Å²) >= 11 is 0. The number of rotatable bonds is 7. The maximum Gasteiger partial charge on any atom is 0.416 e. The van der Waals surface area contributed by atoms with Gasteiger partial charge in [-0.05, 0) is 37.9 Å². The van der Waals surface area contributed by atoms with Gasteiger partial charge in [0.05, 0.1) is 11.7 Å². The third kappa shape index (κ3) is 4.80. The van der Waals surface area contributed by atoms with Crippen LogP contribution < -0.4 is 5.32 Å². The van der Waals surface area contributed by atoms with Crippen molar-refractivity contribution in [2.75, 3.05) is 13.7 Å². The van der Waals surface area contributed by atoms with Gasteiger partial charge in [0.25, 0.3) is 0 Å². The van der Waals surface area contributed by atoms with Gasteiger partial charge >= 0.3 is 6.18 Å². The Hall–Kier alpha value is -1.07. The standard InChI is InChI=1S/C15H22F3NO/c1-4-19-14(10-9-11(2)20-3)12-7-5-6-8-13(12)15(16,17)18/h5-8,11,14,19H,4,9-10H2,1-3H3. The molecule has 20 heavy (non-hydrogen) atoms. The second kappa shape index (κ2) is 7.64. The molecule has 0 fully saturated rings. The Morgan fingerprint density at radius 3 is 2.40 bits per heavy atom. The lowest BCUT2D eigenvalue weighted by atomic mass is 9.95. The van der Waals surface area contributed by atoms with Gasteiger partial charge in [-0.25, -0.2) is 0 Å². The first-order chi connectivity index (χ1) is 9.40. The van der Waals surface area contributed by atoms with Crippen LogP contribution in [0.2, 0.25) is 0 Å². The summed E-state index contributed by atoms with van der Waals surface area (Å²) < 4.78 is 44.3. The molecule has 114 valence electrons. The highest BCUT2D eigenvalue weighted by Crippen LogP contribution is 2.35. The van der Waals surface area contributed by atoms with E-state index < -0.39 is 11.7 Å². The highest BCUT2D eigenvalue weighted by Gasteiger charge is 2.34. The average Bonchev–Trinajstić information content (AvgIpc) is 2.42. The van der Waals surface area contributed by atoms with E-state index in [2.05, 4.69) is 5.32 Å². The van der Waals surface area contributed by atoms with Crippen LogP contribution in [0, 0.1) is 0 Å². The first kappa shape index (κ1) is 17.0. The molecule has 0 aliphatic heterocycles. The number of methoxy groups -OCH3 is 1. The van der Waals surface area contributed by atoms with Gasteiger partial charge in [0, 0.05) is 13.2 Å². The fraction of sp³-hybridized carbons (Fsp3) is 0.600. The topological polar surface area (TPSA) is 21.3 Å². The molecule has 1 aromatic carbocycles. The second-order valence-corrected chi connectivity index (χ2v) is 4.82. The lowest BCUT2D eigenvalue weighted by Crippen LogP contribution is -2.25. The van der Waals surface area contributed by atoms with Gasteiger partial charge in [-0.15, -0.1) is 0 Å². The lowest BCUT2D eigenvalue weighted by Gasteiger charge is -2.23. The zero-order chi connectivity index (χ0) is 15.2. The maximum absolute atomic E-state index is 13.1. The Kier molecular flexibility index (Phi) is 6.49. The zero-order valence-electron chi connectivity index (χ0n) is 12.1. The summed E-state index contributed by atoms with van der Waals surface area (Å²) in [5.41, 5.74) is -0.249. The summed E-state index contributed by atoms with van der Waals surface area (Å²) in [5, 5.41) is 3.14. The van der Waals surface area contributed by atoms with Gasteiger partial charge in [0.1, 0.15) is 0 Å². The first-order valence-electron chi connectivity index (χ1n) is 6.82. The molecule has 0 heterocycles. The van der Waals surface area contributed by atoms with Crippen molar-refractivity contribution in [2.24, 2.45) is 0 Å². The van der Waals surface area contributed by atoms with Crippen LogP contribution in [0.15, 0.2) is 24.3 Å². The number of hydrogen-bond donors (Lipinski definition) is 1. The first-order valence-corrected chi connectivity index (χ1v) is 6.82. The van der Waals surface area contributed by atoms with Crippen LogP contribution in [0.25, 0.3) is 0 Å². The fourth-order valence-corrected chi connectivity index (χ4v) is 2.19.